The molecule has 0 spiro atoms. The number of hydrogen-bond acceptors (Lipinski definition) is 3. The minimum Gasteiger partial charge on any atom is -0.479 e. The summed E-state index contributed by atoms with van der Waals surface area (Å²) >= 11 is 0. The van der Waals surface area contributed by atoms with Gasteiger partial charge in [-0.1, -0.05) is 30.3 Å². The number of carbonyl (C=O) groups excluding carboxylic acids is 2. The third-order valence-corrected chi connectivity index (χ3v) is 3.86. The average Bonchev–Trinajstić information content (AvgIpc) is 2.58. The van der Waals surface area contributed by atoms with Crippen molar-refractivity contribution in [2.45, 2.75) is 19.6 Å². The minimum absolute atomic E-state index is 0.0984. The summed E-state index contributed by atoms with van der Waals surface area (Å²) in [5.74, 6) is 0.276. The normalized spacial score (nSPS) is 16.5. The van der Waals surface area contributed by atoms with Gasteiger partial charge in [0.25, 0.3) is 11.8 Å². The van der Waals surface area contributed by atoms with E-state index in [9.17, 15) is 9.59 Å². The van der Waals surface area contributed by atoms with Crippen LogP contribution in [0.3, 0.4) is 0 Å². The predicted molar refractivity (Wildman–Crippen MR) is 87.6 cm³/mol. The Morgan fingerprint density at radius 3 is 2.70 bits per heavy atom. The van der Waals surface area contributed by atoms with Gasteiger partial charge in [-0.2, -0.15) is 0 Å². The zero-order chi connectivity index (χ0) is 16.4. The fourth-order valence-corrected chi connectivity index (χ4v) is 2.54. The van der Waals surface area contributed by atoms with Gasteiger partial charge in [-0.3, -0.25) is 9.59 Å². The van der Waals surface area contributed by atoms with E-state index < -0.39 is 6.10 Å². The summed E-state index contributed by atoms with van der Waals surface area (Å²) in [5, 5.41) is 2.88. The van der Waals surface area contributed by atoms with Gasteiger partial charge in [-0.25, -0.2) is 0 Å². The lowest BCUT2D eigenvalue weighted by atomic mass is 10.1. The van der Waals surface area contributed by atoms with Crippen molar-refractivity contribution in [1.82, 2.24) is 5.32 Å². The van der Waals surface area contributed by atoms with Gasteiger partial charge in [0.05, 0.1) is 5.69 Å². The maximum Gasteiger partial charge on any atom is 0.267 e. The highest BCUT2D eigenvalue weighted by molar-refractivity contribution is 6.01. The van der Waals surface area contributed by atoms with Crippen molar-refractivity contribution in [3.63, 3.8) is 0 Å². The molecule has 23 heavy (non-hydrogen) atoms. The molecule has 118 valence electrons. The summed E-state index contributed by atoms with van der Waals surface area (Å²) in [6.07, 6.45) is -0.546. The SMILES string of the molecule is CC1Oc2cc(C(=O)NCc3ccccc3)ccc2N(C)C1=O. The molecule has 0 fully saturated rings. The van der Waals surface area contributed by atoms with Crippen molar-refractivity contribution < 1.29 is 14.3 Å². The van der Waals surface area contributed by atoms with Crippen LogP contribution < -0.4 is 15.0 Å². The fraction of sp³-hybridized carbons (Fsp3) is 0.222. The average molecular weight is 310 g/mol. The topological polar surface area (TPSA) is 58.6 Å². The van der Waals surface area contributed by atoms with Gasteiger partial charge >= 0.3 is 0 Å². The summed E-state index contributed by atoms with van der Waals surface area (Å²) in [5.41, 5.74) is 2.22. The Labute approximate surface area is 134 Å². The number of carbonyl (C=O) groups is 2. The molecule has 1 unspecified atom stereocenters. The van der Waals surface area contributed by atoms with E-state index in [4.69, 9.17) is 4.74 Å². The fourth-order valence-electron chi connectivity index (χ4n) is 2.54. The van der Waals surface area contributed by atoms with Crippen LogP contribution in [0.4, 0.5) is 5.69 Å². The van der Waals surface area contributed by atoms with Crippen LogP contribution in [0.5, 0.6) is 5.75 Å². The second kappa shape index (κ2) is 6.12. The molecule has 1 aliphatic heterocycles. The molecule has 1 heterocycles. The van der Waals surface area contributed by atoms with Gasteiger partial charge < -0.3 is 15.0 Å². The van der Waals surface area contributed by atoms with Gasteiger partial charge in [-0.15, -0.1) is 0 Å². The highest BCUT2D eigenvalue weighted by atomic mass is 16.5. The molecule has 5 nitrogen and oxygen atoms in total. The van der Waals surface area contributed by atoms with E-state index in [1.54, 1.807) is 37.1 Å². The maximum absolute atomic E-state index is 12.3. The lowest BCUT2D eigenvalue weighted by Crippen LogP contribution is -2.42. The molecule has 3 rings (SSSR count). The van der Waals surface area contributed by atoms with Gasteiger partial charge in [0.1, 0.15) is 5.75 Å². The molecule has 0 bridgehead atoms. The second-order valence-corrected chi connectivity index (χ2v) is 5.51. The molecule has 1 N–H and O–H groups in total. The number of likely N-dealkylation sites (N-methyl/N-ethyl adjacent to an activating group) is 1. The first-order chi connectivity index (χ1) is 11.1. The van der Waals surface area contributed by atoms with Crippen LogP contribution in [0.2, 0.25) is 0 Å². The number of anilines is 1. The quantitative estimate of drug-likeness (QED) is 0.947. The van der Waals surface area contributed by atoms with Gasteiger partial charge in [-0.05, 0) is 30.7 Å². The molecule has 2 aromatic carbocycles. The lowest BCUT2D eigenvalue weighted by molar-refractivity contribution is -0.125. The van der Waals surface area contributed by atoms with Crippen molar-refractivity contribution >= 4 is 17.5 Å². The predicted octanol–water partition coefficient (Wildman–Crippen LogP) is 2.36. The van der Waals surface area contributed by atoms with Crippen molar-refractivity contribution in [1.29, 1.82) is 0 Å². The first-order valence-corrected chi connectivity index (χ1v) is 7.46. The van der Waals surface area contributed by atoms with Crippen molar-refractivity contribution in [3.8, 4) is 5.75 Å². The highest BCUT2D eigenvalue weighted by Gasteiger charge is 2.29. The minimum atomic E-state index is -0.546. The third-order valence-electron chi connectivity index (χ3n) is 3.86. The number of rotatable bonds is 3. The monoisotopic (exact) mass is 310 g/mol. The molecule has 0 saturated heterocycles. The molecule has 2 amide bonds. The van der Waals surface area contributed by atoms with E-state index in [-0.39, 0.29) is 11.8 Å². The number of benzene rings is 2. The third kappa shape index (κ3) is 3.04. The molecule has 5 heteroatoms. The van der Waals surface area contributed by atoms with E-state index >= 15 is 0 Å². The van der Waals surface area contributed by atoms with Crippen molar-refractivity contribution in [2.24, 2.45) is 0 Å². The molecule has 1 atom stereocenters. The Morgan fingerprint density at radius 1 is 1.22 bits per heavy atom. The van der Waals surface area contributed by atoms with Crippen LogP contribution in [0.1, 0.15) is 22.8 Å². The maximum atomic E-state index is 12.3. The van der Waals surface area contributed by atoms with Gasteiger partial charge in [0.2, 0.25) is 0 Å². The Bertz CT molecular complexity index is 743. The summed E-state index contributed by atoms with van der Waals surface area (Å²) in [4.78, 5) is 25.7. The number of nitrogens with zero attached hydrogens (tertiary/aromatic N) is 1. The molecule has 0 radical (unpaired) electrons. The Balaban J connectivity index is 1.75. The van der Waals surface area contributed by atoms with Crippen LogP contribution in [-0.4, -0.2) is 25.0 Å². The Morgan fingerprint density at radius 2 is 1.96 bits per heavy atom. The standard InChI is InChI=1S/C18H18N2O3/c1-12-18(22)20(2)15-9-8-14(10-16(15)23-12)17(21)19-11-13-6-4-3-5-7-13/h3-10,12H,11H2,1-2H3,(H,19,21). The first kappa shape index (κ1) is 15.1. The molecular formula is C18H18N2O3. The summed E-state index contributed by atoms with van der Waals surface area (Å²) in [7, 11) is 1.70. The van der Waals surface area contributed by atoms with E-state index in [0.29, 0.717) is 23.5 Å². The van der Waals surface area contributed by atoms with E-state index in [1.807, 2.05) is 30.3 Å². The number of hydrogen-bond donors (Lipinski definition) is 1. The molecular weight excluding hydrogens is 292 g/mol. The molecule has 0 saturated carbocycles. The second-order valence-electron chi connectivity index (χ2n) is 5.51. The van der Waals surface area contributed by atoms with Crippen molar-refractivity contribution in [3.05, 3.63) is 59.7 Å². The van der Waals surface area contributed by atoms with Crippen LogP contribution in [0.25, 0.3) is 0 Å². The van der Waals surface area contributed by atoms with Crippen molar-refractivity contribution in [2.75, 3.05) is 11.9 Å². The van der Waals surface area contributed by atoms with Crippen LogP contribution in [0.15, 0.2) is 48.5 Å². The zero-order valence-electron chi connectivity index (χ0n) is 13.1. The Kier molecular flexibility index (Phi) is 4.02. The van der Waals surface area contributed by atoms with Crippen LogP contribution >= 0.6 is 0 Å². The summed E-state index contributed by atoms with van der Waals surface area (Å²) in [6, 6.07) is 14.8. The van der Waals surface area contributed by atoms with Gasteiger partial charge in [0, 0.05) is 19.2 Å². The van der Waals surface area contributed by atoms with Gasteiger partial charge in [0.15, 0.2) is 6.10 Å². The van der Waals surface area contributed by atoms with E-state index in [0.717, 1.165) is 5.56 Å². The summed E-state index contributed by atoms with van der Waals surface area (Å²) < 4.78 is 5.60. The Hall–Kier alpha value is -2.82. The number of nitrogens with one attached hydrogen (secondary N) is 1. The van der Waals surface area contributed by atoms with Crippen LogP contribution in [0, 0.1) is 0 Å². The van der Waals surface area contributed by atoms with E-state index in [1.165, 1.54) is 0 Å². The highest BCUT2D eigenvalue weighted by Crippen LogP contribution is 2.33. The summed E-state index contributed by atoms with van der Waals surface area (Å²) in [6.45, 7) is 2.16. The van der Waals surface area contributed by atoms with Crippen LogP contribution in [-0.2, 0) is 11.3 Å². The molecule has 0 aromatic heterocycles. The largest absolute Gasteiger partial charge is 0.479 e. The number of fused-ring (bicyclic) bond motifs is 1. The van der Waals surface area contributed by atoms with E-state index in [2.05, 4.69) is 5.32 Å². The molecule has 1 aliphatic rings. The number of amides is 2. The smallest absolute Gasteiger partial charge is 0.267 e. The molecule has 2 aromatic rings. The zero-order valence-corrected chi connectivity index (χ0v) is 13.1. The number of ether oxygens (including phenoxy) is 1. The lowest BCUT2D eigenvalue weighted by Gasteiger charge is -2.30. The first-order valence-electron chi connectivity index (χ1n) is 7.46. The molecule has 0 aliphatic carbocycles.